The molecule has 3 rings (SSSR count). The van der Waals surface area contributed by atoms with E-state index in [0.717, 1.165) is 17.6 Å². The third-order valence-electron chi connectivity index (χ3n) is 3.38. The molecule has 0 aliphatic heterocycles. The molecule has 1 saturated carbocycles. The third-order valence-corrected chi connectivity index (χ3v) is 4.05. The van der Waals surface area contributed by atoms with Crippen molar-refractivity contribution in [2.24, 2.45) is 5.41 Å². The van der Waals surface area contributed by atoms with Gasteiger partial charge in [-0.15, -0.1) is 0 Å². The van der Waals surface area contributed by atoms with Crippen LogP contribution in [-0.4, -0.2) is 9.55 Å². The summed E-state index contributed by atoms with van der Waals surface area (Å²) in [5.74, 6) is 0.644. The number of halogens is 1. The first-order chi connectivity index (χ1) is 7.57. The zero-order valence-electron chi connectivity index (χ0n) is 9.20. The first kappa shape index (κ1) is 10.4. The fourth-order valence-corrected chi connectivity index (χ4v) is 2.52. The fraction of sp³-hybridized carbons (Fsp3) is 0.417. The SMILES string of the molecule is CC1(Cn2c(N)nc3cc(I)ccc32)CC1. The summed E-state index contributed by atoms with van der Waals surface area (Å²) in [6, 6.07) is 6.31. The molecular formula is C12H14IN3. The van der Waals surface area contributed by atoms with Crippen LogP contribution in [0.5, 0.6) is 0 Å². The van der Waals surface area contributed by atoms with Gasteiger partial charge in [0.25, 0.3) is 0 Å². The minimum Gasteiger partial charge on any atom is -0.369 e. The van der Waals surface area contributed by atoms with Crippen LogP contribution in [0.3, 0.4) is 0 Å². The van der Waals surface area contributed by atoms with Crippen molar-refractivity contribution in [3.63, 3.8) is 0 Å². The number of nitrogen functional groups attached to an aromatic ring is 1. The lowest BCUT2D eigenvalue weighted by molar-refractivity contribution is 0.476. The van der Waals surface area contributed by atoms with Crippen LogP contribution >= 0.6 is 22.6 Å². The molecule has 1 aliphatic carbocycles. The van der Waals surface area contributed by atoms with E-state index in [1.165, 1.54) is 16.4 Å². The summed E-state index contributed by atoms with van der Waals surface area (Å²) in [5, 5.41) is 0. The number of hydrogen-bond donors (Lipinski definition) is 1. The zero-order chi connectivity index (χ0) is 11.3. The van der Waals surface area contributed by atoms with Crippen molar-refractivity contribution in [2.45, 2.75) is 26.3 Å². The van der Waals surface area contributed by atoms with Crippen LogP contribution in [0.4, 0.5) is 5.95 Å². The van der Waals surface area contributed by atoms with Gasteiger partial charge in [0.2, 0.25) is 5.95 Å². The molecule has 84 valence electrons. The smallest absolute Gasteiger partial charge is 0.201 e. The summed E-state index contributed by atoms with van der Waals surface area (Å²) in [7, 11) is 0. The van der Waals surface area contributed by atoms with Gasteiger partial charge in [0.05, 0.1) is 11.0 Å². The molecule has 2 N–H and O–H groups in total. The van der Waals surface area contributed by atoms with E-state index in [1.54, 1.807) is 0 Å². The average Bonchev–Trinajstić information content (AvgIpc) is 2.86. The lowest BCUT2D eigenvalue weighted by atomic mass is 10.1. The Morgan fingerprint density at radius 1 is 1.50 bits per heavy atom. The molecule has 16 heavy (non-hydrogen) atoms. The highest BCUT2D eigenvalue weighted by atomic mass is 127. The molecule has 1 heterocycles. The van der Waals surface area contributed by atoms with E-state index in [-0.39, 0.29) is 0 Å². The van der Waals surface area contributed by atoms with Gasteiger partial charge in [0, 0.05) is 10.1 Å². The Morgan fingerprint density at radius 3 is 2.94 bits per heavy atom. The van der Waals surface area contributed by atoms with E-state index in [4.69, 9.17) is 5.73 Å². The van der Waals surface area contributed by atoms with Gasteiger partial charge in [-0.1, -0.05) is 6.92 Å². The summed E-state index contributed by atoms with van der Waals surface area (Å²) in [5.41, 5.74) is 8.60. The monoisotopic (exact) mass is 327 g/mol. The second-order valence-electron chi connectivity index (χ2n) is 5.00. The molecule has 0 saturated heterocycles. The number of rotatable bonds is 2. The van der Waals surface area contributed by atoms with Gasteiger partial charge in [-0.3, -0.25) is 0 Å². The molecule has 3 nitrogen and oxygen atoms in total. The molecular weight excluding hydrogens is 313 g/mol. The molecule has 1 aliphatic rings. The predicted octanol–water partition coefficient (Wildman–Crippen LogP) is 3.02. The maximum absolute atomic E-state index is 5.99. The number of imidazole rings is 1. The van der Waals surface area contributed by atoms with Crippen LogP contribution in [0, 0.1) is 8.99 Å². The molecule has 0 atom stereocenters. The van der Waals surface area contributed by atoms with Gasteiger partial charge >= 0.3 is 0 Å². The van der Waals surface area contributed by atoms with Crippen LogP contribution in [-0.2, 0) is 6.54 Å². The number of fused-ring (bicyclic) bond motifs is 1. The Hall–Kier alpha value is -0.780. The topological polar surface area (TPSA) is 43.8 Å². The predicted molar refractivity (Wildman–Crippen MR) is 74.2 cm³/mol. The summed E-state index contributed by atoms with van der Waals surface area (Å²) < 4.78 is 3.35. The molecule has 0 bridgehead atoms. The lowest BCUT2D eigenvalue weighted by Crippen LogP contribution is -2.10. The van der Waals surface area contributed by atoms with Gasteiger partial charge in [0.1, 0.15) is 0 Å². The molecule has 1 fully saturated rings. The summed E-state index contributed by atoms with van der Waals surface area (Å²) in [6.45, 7) is 3.31. The lowest BCUT2D eigenvalue weighted by Gasteiger charge is -2.11. The van der Waals surface area contributed by atoms with Crippen molar-refractivity contribution >= 4 is 39.6 Å². The molecule has 4 heteroatoms. The van der Waals surface area contributed by atoms with E-state index < -0.39 is 0 Å². The first-order valence-corrected chi connectivity index (χ1v) is 6.57. The minimum absolute atomic E-state index is 0.449. The maximum Gasteiger partial charge on any atom is 0.201 e. The highest BCUT2D eigenvalue weighted by Crippen LogP contribution is 2.47. The molecule has 0 amide bonds. The Balaban J connectivity index is 2.12. The van der Waals surface area contributed by atoms with Crippen molar-refractivity contribution in [3.05, 3.63) is 21.8 Å². The Bertz CT molecular complexity index is 555. The molecule has 0 radical (unpaired) electrons. The summed E-state index contributed by atoms with van der Waals surface area (Å²) in [6.07, 6.45) is 2.60. The Kier molecular flexibility index (Phi) is 2.18. The van der Waals surface area contributed by atoms with Gasteiger partial charge in [-0.05, 0) is 59.0 Å². The van der Waals surface area contributed by atoms with Gasteiger partial charge in [0.15, 0.2) is 0 Å². The quantitative estimate of drug-likeness (QED) is 0.862. The highest BCUT2D eigenvalue weighted by molar-refractivity contribution is 14.1. The molecule has 2 aromatic rings. The van der Waals surface area contributed by atoms with E-state index >= 15 is 0 Å². The van der Waals surface area contributed by atoms with Gasteiger partial charge < -0.3 is 10.3 Å². The normalized spacial score (nSPS) is 17.9. The molecule has 1 aromatic heterocycles. The van der Waals surface area contributed by atoms with Crippen LogP contribution < -0.4 is 5.73 Å². The maximum atomic E-state index is 5.99. The summed E-state index contributed by atoms with van der Waals surface area (Å²) in [4.78, 5) is 4.42. The van der Waals surface area contributed by atoms with Crippen molar-refractivity contribution in [3.8, 4) is 0 Å². The molecule has 1 aromatic carbocycles. The number of benzene rings is 1. The molecule has 0 unspecified atom stereocenters. The molecule has 0 spiro atoms. The van der Waals surface area contributed by atoms with E-state index in [9.17, 15) is 0 Å². The number of aromatic nitrogens is 2. The van der Waals surface area contributed by atoms with Crippen LogP contribution in [0.1, 0.15) is 19.8 Å². The second-order valence-corrected chi connectivity index (χ2v) is 6.25. The Labute approximate surface area is 108 Å². The third kappa shape index (κ3) is 1.69. The van der Waals surface area contributed by atoms with E-state index in [2.05, 4.69) is 57.3 Å². The number of hydrogen-bond acceptors (Lipinski definition) is 2. The number of nitrogens with two attached hydrogens (primary N) is 1. The van der Waals surface area contributed by atoms with Crippen molar-refractivity contribution < 1.29 is 0 Å². The van der Waals surface area contributed by atoms with Crippen molar-refractivity contribution in [1.82, 2.24) is 9.55 Å². The van der Waals surface area contributed by atoms with Crippen LogP contribution in [0.2, 0.25) is 0 Å². The van der Waals surface area contributed by atoms with Crippen LogP contribution in [0.15, 0.2) is 18.2 Å². The Morgan fingerprint density at radius 2 is 2.25 bits per heavy atom. The zero-order valence-corrected chi connectivity index (χ0v) is 11.4. The average molecular weight is 327 g/mol. The number of nitrogens with zero attached hydrogens (tertiary/aromatic N) is 2. The van der Waals surface area contributed by atoms with Gasteiger partial charge in [-0.2, -0.15) is 0 Å². The largest absolute Gasteiger partial charge is 0.369 e. The van der Waals surface area contributed by atoms with Crippen LogP contribution in [0.25, 0.3) is 11.0 Å². The second kappa shape index (κ2) is 3.35. The van der Waals surface area contributed by atoms with Crippen molar-refractivity contribution in [2.75, 3.05) is 5.73 Å². The highest BCUT2D eigenvalue weighted by Gasteiger charge is 2.38. The van der Waals surface area contributed by atoms with Crippen molar-refractivity contribution in [1.29, 1.82) is 0 Å². The van der Waals surface area contributed by atoms with E-state index in [1.807, 2.05) is 0 Å². The summed E-state index contributed by atoms with van der Waals surface area (Å²) >= 11 is 2.30. The fourth-order valence-electron chi connectivity index (χ4n) is 2.04. The van der Waals surface area contributed by atoms with E-state index in [0.29, 0.717) is 11.4 Å². The van der Waals surface area contributed by atoms with Gasteiger partial charge in [-0.25, -0.2) is 4.98 Å². The number of anilines is 1. The first-order valence-electron chi connectivity index (χ1n) is 5.49. The standard InChI is InChI=1S/C12H14IN3/c1-12(4-5-12)7-16-10-3-2-8(13)6-9(10)15-11(16)14/h2-3,6H,4-5,7H2,1H3,(H2,14,15). The minimum atomic E-state index is 0.449.